The van der Waals surface area contributed by atoms with Gasteiger partial charge in [0.25, 0.3) is 5.79 Å². The third-order valence-corrected chi connectivity index (χ3v) is 2.98. The van der Waals surface area contributed by atoms with Crippen molar-refractivity contribution in [2.24, 2.45) is 0 Å². The lowest BCUT2D eigenvalue weighted by molar-refractivity contribution is -0.187. The van der Waals surface area contributed by atoms with Crippen molar-refractivity contribution in [3.8, 4) is 0 Å². The predicted octanol–water partition coefficient (Wildman–Crippen LogP) is 0.604. The van der Waals surface area contributed by atoms with Gasteiger partial charge in [-0.25, -0.2) is 0 Å². The average Bonchev–Trinajstić information content (AvgIpc) is 2.91. The molecule has 0 saturated carbocycles. The number of methoxy groups -OCH3 is 2. The van der Waals surface area contributed by atoms with E-state index in [0.717, 1.165) is 4.48 Å². The molecule has 1 heterocycles. The second-order valence-corrected chi connectivity index (χ2v) is 3.86. The molecular weight excluding hydrogens is 240 g/mol. The molecule has 72 valence electrons. The van der Waals surface area contributed by atoms with Crippen molar-refractivity contribution >= 4 is 21.7 Å². The maximum absolute atomic E-state index is 11.7. The van der Waals surface area contributed by atoms with Crippen LogP contribution in [0.3, 0.4) is 0 Å². The minimum atomic E-state index is -1.27. The number of carbonyl (C=O) groups is 1. The quantitative estimate of drug-likeness (QED) is 0.531. The molecule has 0 spiro atoms. The highest BCUT2D eigenvalue weighted by Crippen LogP contribution is 2.42. The van der Waals surface area contributed by atoms with Crippen molar-refractivity contribution in [2.45, 2.75) is 18.0 Å². The summed E-state index contributed by atoms with van der Waals surface area (Å²) >= 11 is 3.30. The molecule has 0 aromatic carbocycles. The number of ether oxygens (including phenoxy) is 3. The minimum Gasteiger partial charge on any atom is -0.355 e. The number of rotatable bonds is 2. The van der Waals surface area contributed by atoms with Crippen LogP contribution in [0.1, 0.15) is 0 Å². The highest BCUT2D eigenvalue weighted by atomic mass is 79.9. The van der Waals surface area contributed by atoms with Crippen LogP contribution in [0.15, 0.2) is 10.6 Å². The Bertz CT molecular complexity index is 282. The van der Waals surface area contributed by atoms with Gasteiger partial charge in [-0.05, 0) is 6.08 Å². The molecule has 0 unspecified atom stereocenters. The zero-order valence-electron chi connectivity index (χ0n) is 7.24. The number of ketones is 1. The predicted molar refractivity (Wildman–Crippen MR) is 47.4 cm³/mol. The van der Waals surface area contributed by atoms with E-state index in [-0.39, 0.29) is 11.9 Å². The molecule has 1 aliphatic heterocycles. The average molecular weight is 249 g/mol. The molecular formula is C8H9BrO4. The Morgan fingerprint density at radius 2 is 2.08 bits per heavy atom. The summed E-state index contributed by atoms with van der Waals surface area (Å²) in [6, 6.07) is 0. The van der Waals surface area contributed by atoms with Crippen LogP contribution in [0.4, 0.5) is 0 Å². The van der Waals surface area contributed by atoms with E-state index < -0.39 is 11.9 Å². The summed E-state index contributed by atoms with van der Waals surface area (Å²) in [6.45, 7) is 0. The Kier molecular flexibility index (Phi) is 2.07. The Morgan fingerprint density at radius 3 is 2.62 bits per heavy atom. The van der Waals surface area contributed by atoms with Crippen LogP contribution in [0.25, 0.3) is 0 Å². The highest BCUT2D eigenvalue weighted by molar-refractivity contribution is 9.11. The van der Waals surface area contributed by atoms with Crippen LogP contribution in [-0.4, -0.2) is 38.0 Å². The number of fused-ring (bicyclic) bond motifs is 1. The van der Waals surface area contributed by atoms with Gasteiger partial charge in [-0.15, -0.1) is 0 Å². The van der Waals surface area contributed by atoms with Crippen molar-refractivity contribution in [1.82, 2.24) is 0 Å². The van der Waals surface area contributed by atoms with E-state index in [4.69, 9.17) is 14.2 Å². The number of halogens is 1. The minimum absolute atomic E-state index is 0.120. The topological polar surface area (TPSA) is 48.1 Å². The fourth-order valence-corrected chi connectivity index (χ4v) is 2.11. The molecule has 2 atom stereocenters. The first-order chi connectivity index (χ1) is 6.14. The van der Waals surface area contributed by atoms with Crippen molar-refractivity contribution < 1.29 is 19.0 Å². The van der Waals surface area contributed by atoms with E-state index in [9.17, 15) is 4.79 Å². The molecule has 5 heteroatoms. The SMILES string of the molecule is COC1(OC)C=C(Br)[C@@H]2O[C@@H]2C1=O. The molecule has 1 fully saturated rings. The summed E-state index contributed by atoms with van der Waals surface area (Å²) in [7, 11) is 2.86. The molecule has 1 aliphatic carbocycles. The van der Waals surface area contributed by atoms with Crippen LogP contribution < -0.4 is 0 Å². The van der Waals surface area contributed by atoms with E-state index in [1.165, 1.54) is 14.2 Å². The van der Waals surface area contributed by atoms with Gasteiger partial charge in [0.2, 0.25) is 5.78 Å². The lowest BCUT2D eigenvalue weighted by Gasteiger charge is -2.27. The Labute approximate surface area is 84.0 Å². The number of epoxide rings is 1. The van der Waals surface area contributed by atoms with Crippen LogP contribution in [-0.2, 0) is 19.0 Å². The van der Waals surface area contributed by atoms with Gasteiger partial charge in [-0.2, -0.15) is 0 Å². The smallest absolute Gasteiger partial charge is 0.252 e. The standard InChI is InChI=1S/C8H9BrO4/c1-11-8(12-2)3-4(9)5-6(13-5)7(8)10/h3,5-6H,1-2H3/t5-,6-/m0/s1. The molecule has 0 N–H and O–H groups in total. The summed E-state index contributed by atoms with van der Waals surface area (Å²) in [5.74, 6) is -1.44. The summed E-state index contributed by atoms with van der Waals surface area (Å²) in [5, 5.41) is 0. The molecule has 0 radical (unpaired) electrons. The van der Waals surface area contributed by atoms with Crippen molar-refractivity contribution in [2.75, 3.05) is 14.2 Å². The number of hydrogen-bond donors (Lipinski definition) is 0. The largest absolute Gasteiger partial charge is 0.355 e. The third-order valence-electron chi connectivity index (χ3n) is 2.30. The van der Waals surface area contributed by atoms with Gasteiger partial charge < -0.3 is 14.2 Å². The van der Waals surface area contributed by atoms with Gasteiger partial charge >= 0.3 is 0 Å². The molecule has 13 heavy (non-hydrogen) atoms. The first-order valence-electron chi connectivity index (χ1n) is 3.83. The second kappa shape index (κ2) is 2.88. The number of Topliss-reactive ketones (excluding diaryl/α,β-unsaturated/α-hetero) is 1. The van der Waals surface area contributed by atoms with Crippen molar-refractivity contribution in [3.63, 3.8) is 0 Å². The molecule has 4 nitrogen and oxygen atoms in total. The molecule has 1 saturated heterocycles. The summed E-state index contributed by atoms with van der Waals surface area (Å²) in [4.78, 5) is 11.7. The monoisotopic (exact) mass is 248 g/mol. The first-order valence-corrected chi connectivity index (χ1v) is 4.62. The van der Waals surface area contributed by atoms with Gasteiger partial charge in [-0.1, -0.05) is 15.9 Å². The molecule has 0 aromatic heterocycles. The van der Waals surface area contributed by atoms with Crippen LogP contribution in [0.2, 0.25) is 0 Å². The number of hydrogen-bond acceptors (Lipinski definition) is 4. The van der Waals surface area contributed by atoms with Crippen LogP contribution in [0, 0.1) is 0 Å². The lowest BCUT2D eigenvalue weighted by atomic mass is 10.00. The molecule has 2 aliphatic rings. The van der Waals surface area contributed by atoms with Gasteiger partial charge in [0.1, 0.15) is 6.10 Å². The van der Waals surface area contributed by atoms with E-state index in [1.807, 2.05) is 0 Å². The van der Waals surface area contributed by atoms with E-state index in [2.05, 4.69) is 15.9 Å². The Morgan fingerprint density at radius 1 is 1.46 bits per heavy atom. The highest BCUT2D eigenvalue weighted by Gasteiger charge is 2.59. The van der Waals surface area contributed by atoms with E-state index >= 15 is 0 Å². The van der Waals surface area contributed by atoms with Crippen molar-refractivity contribution in [3.05, 3.63) is 10.6 Å². The van der Waals surface area contributed by atoms with Gasteiger partial charge in [0.15, 0.2) is 6.10 Å². The van der Waals surface area contributed by atoms with E-state index in [0.29, 0.717) is 0 Å². The van der Waals surface area contributed by atoms with Crippen molar-refractivity contribution in [1.29, 1.82) is 0 Å². The Hall–Kier alpha value is -0.230. The Balaban J connectivity index is 2.37. The fraction of sp³-hybridized carbons (Fsp3) is 0.625. The molecule has 0 bridgehead atoms. The van der Waals surface area contributed by atoms with Gasteiger partial charge in [0.05, 0.1) is 0 Å². The molecule has 0 amide bonds. The molecule has 2 rings (SSSR count). The summed E-state index contributed by atoms with van der Waals surface area (Å²) < 4.78 is 16.0. The zero-order chi connectivity index (χ0) is 9.64. The first kappa shape index (κ1) is 9.33. The van der Waals surface area contributed by atoms with Gasteiger partial charge in [-0.3, -0.25) is 4.79 Å². The summed E-state index contributed by atoms with van der Waals surface area (Å²) in [5.41, 5.74) is 0. The second-order valence-electron chi connectivity index (χ2n) is 2.95. The normalized spacial score (nSPS) is 35.3. The van der Waals surface area contributed by atoms with Crippen LogP contribution >= 0.6 is 15.9 Å². The summed E-state index contributed by atoms with van der Waals surface area (Å²) in [6.07, 6.45) is 1.08. The zero-order valence-corrected chi connectivity index (χ0v) is 8.83. The van der Waals surface area contributed by atoms with Crippen LogP contribution in [0.5, 0.6) is 0 Å². The van der Waals surface area contributed by atoms with Gasteiger partial charge in [0, 0.05) is 18.7 Å². The third kappa shape index (κ3) is 1.19. The molecule has 0 aromatic rings. The fourth-order valence-electron chi connectivity index (χ4n) is 1.46. The van der Waals surface area contributed by atoms with E-state index in [1.54, 1.807) is 6.08 Å². The lowest BCUT2D eigenvalue weighted by Crippen LogP contribution is -2.46. The maximum Gasteiger partial charge on any atom is 0.252 e. The maximum atomic E-state index is 11.7. The number of carbonyl (C=O) groups excluding carboxylic acids is 1.